The fourth-order valence-corrected chi connectivity index (χ4v) is 3.16. The second kappa shape index (κ2) is 7.38. The quantitative estimate of drug-likeness (QED) is 0.647. The second-order valence-electron chi connectivity index (χ2n) is 5.54. The standard InChI is InChI=1S/C15H17NO8S2/c1-25(19,20)23-13-6-5-11(10-14(13)24-26(2,21)22)9-12(15(17)18)16-7-3-4-8-16/h3-8,10,12H,9H2,1-2H3,(H,17,18)/t12-/m0/s1. The molecule has 0 aliphatic rings. The van der Waals surface area contributed by atoms with E-state index in [2.05, 4.69) is 0 Å². The average Bonchev–Trinajstić information content (AvgIpc) is 2.97. The minimum absolute atomic E-state index is 0.0172. The summed E-state index contributed by atoms with van der Waals surface area (Å²) in [6.07, 6.45) is 4.80. The highest BCUT2D eigenvalue weighted by Gasteiger charge is 2.22. The van der Waals surface area contributed by atoms with Crippen LogP contribution in [0.2, 0.25) is 0 Å². The van der Waals surface area contributed by atoms with Gasteiger partial charge < -0.3 is 18.0 Å². The normalized spacial score (nSPS) is 13.2. The first-order valence-electron chi connectivity index (χ1n) is 7.22. The third-order valence-electron chi connectivity index (χ3n) is 3.19. The molecule has 0 aliphatic carbocycles. The first kappa shape index (κ1) is 19.8. The van der Waals surface area contributed by atoms with E-state index < -0.39 is 32.2 Å². The molecule has 1 N–H and O–H groups in total. The van der Waals surface area contributed by atoms with Crippen LogP contribution in [0.5, 0.6) is 11.5 Å². The predicted molar refractivity (Wildman–Crippen MR) is 92.2 cm³/mol. The minimum atomic E-state index is -3.96. The zero-order chi connectivity index (χ0) is 19.5. The first-order chi connectivity index (χ1) is 11.9. The number of carboxylic acid groups (broad SMARTS) is 1. The number of hydrogen-bond donors (Lipinski definition) is 1. The number of rotatable bonds is 8. The van der Waals surface area contributed by atoms with Crippen molar-refractivity contribution >= 4 is 26.2 Å². The number of carboxylic acids is 1. The minimum Gasteiger partial charge on any atom is -0.480 e. The van der Waals surface area contributed by atoms with Crippen LogP contribution in [0.4, 0.5) is 0 Å². The van der Waals surface area contributed by atoms with E-state index in [4.69, 9.17) is 8.37 Å². The maximum Gasteiger partial charge on any atom is 0.327 e. The molecule has 0 unspecified atom stereocenters. The summed E-state index contributed by atoms with van der Waals surface area (Å²) in [5.74, 6) is -1.73. The SMILES string of the molecule is CS(=O)(=O)Oc1ccc(C[C@@H](C(=O)O)n2cccc2)cc1OS(C)(=O)=O. The van der Waals surface area contributed by atoms with E-state index in [-0.39, 0.29) is 17.9 Å². The maximum absolute atomic E-state index is 11.5. The molecule has 9 nitrogen and oxygen atoms in total. The molecular weight excluding hydrogens is 386 g/mol. The van der Waals surface area contributed by atoms with E-state index in [9.17, 15) is 26.7 Å². The average molecular weight is 403 g/mol. The highest BCUT2D eigenvalue weighted by Crippen LogP contribution is 2.32. The Labute approximate surface area is 151 Å². The van der Waals surface area contributed by atoms with Gasteiger partial charge in [0, 0.05) is 18.8 Å². The molecule has 1 atom stereocenters. The summed E-state index contributed by atoms with van der Waals surface area (Å²) < 4.78 is 56.5. The number of aliphatic carboxylic acids is 1. The number of nitrogens with zero attached hydrogens (tertiary/aromatic N) is 1. The number of hydrogen-bond acceptors (Lipinski definition) is 7. The molecule has 2 rings (SSSR count). The fourth-order valence-electron chi connectivity index (χ4n) is 2.24. The van der Waals surface area contributed by atoms with Gasteiger partial charge in [-0.25, -0.2) is 4.79 Å². The van der Waals surface area contributed by atoms with Crippen molar-refractivity contribution in [2.75, 3.05) is 12.5 Å². The van der Waals surface area contributed by atoms with Crippen LogP contribution in [0, 0.1) is 0 Å². The van der Waals surface area contributed by atoms with E-state index in [0.717, 1.165) is 12.5 Å². The predicted octanol–water partition coefficient (Wildman–Crippen LogP) is 1.03. The molecule has 2 aromatic rings. The van der Waals surface area contributed by atoms with Crippen LogP contribution in [-0.4, -0.2) is 45.0 Å². The van der Waals surface area contributed by atoms with Gasteiger partial charge in [0.2, 0.25) is 0 Å². The molecular formula is C15H17NO8S2. The maximum atomic E-state index is 11.5. The Morgan fingerprint density at radius 2 is 1.58 bits per heavy atom. The highest BCUT2D eigenvalue weighted by atomic mass is 32.2. The molecule has 142 valence electrons. The van der Waals surface area contributed by atoms with Gasteiger partial charge in [-0.2, -0.15) is 16.8 Å². The van der Waals surface area contributed by atoms with E-state index in [1.807, 2.05) is 0 Å². The van der Waals surface area contributed by atoms with Gasteiger partial charge in [-0.15, -0.1) is 0 Å². The third kappa shape index (κ3) is 5.77. The lowest BCUT2D eigenvalue weighted by molar-refractivity contribution is -0.140. The topological polar surface area (TPSA) is 129 Å². The molecule has 0 bridgehead atoms. The van der Waals surface area contributed by atoms with Crippen LogP contribution < -0.4 is 8.37 Å². The number of benzene rings is 1. The van der Waals surface area contributed by atoms with Gasteiger partial charge in [0.15, 0.2) is 11.5 Å². The van der Waals surface area contributed by atoms with Crippen molar-refractivity contribution in [3.05, 3.63) is 48.3 Å². The molecule has 1 aromatic heterocycles. The molecule has 1 heterocycles. The summed E-state index contributed by atoms with van der Waals surface area (Å²) >= 11 is 0. The number of carbonyl (C=O) groups is 1. The second-order valence-corrected chi connectivity index (χ2v) is 8.69. The fraction of sp³-hybridized carbons (Fsp3) is 0.267. The van der Waals surface area contributed by atoms with Gasteiger partial charge in [-0.3, -0.25) is 0 Å². The molecule has 1 aromatic carbocycles. The van der Waals surface area contributed by atoms with Crippen molar-refractivity contribution < 1.29 is 35.1 Å². The van der Waals surface area contributed by atoms with Gasteiger partial charge in [-0.05, 0) is 29.8 Å². The Bertz CT molecular complexity index is 994. The van der Waals surface area contributed by atoms with Crippen LogP contribution in [-0.2, 0) is 31.5 Å². The Morgan fingerprint density at radius 3 is 2.08 bits per heavy atom. The smallest absolute Gasteiger partial charge is 0.327 e. The zero-order valence-corrected chi connectivity index (χ0v) is 15.5. The van der Waals surface area contributed by atoms with Crippen molar-refractivity contribution in [1.29, 1.82) is 0 Å². The molecule has 0 saturated carbocycles. The highest BCUT2D eigenvalue weighted by molar-refractivity contribution is 7.86. The summed E-state index contributed by atoms with van der Waals surface area (Å²) in [6, 6.07) is 6.31. The Hall–Kier alpha value is -2.53. The van der Waals surface area contributed by atoms with E-state index >= 15 is 0 Å². The Balaban J connectivity index is 2.40. The van der Waals surface area contributed by atoms with Crippen molar-refractivity contribution in [1.82, 2.24) is 4.57 Å². The molecule has 11 heteroatoms. The monoisotopic (exact) mass is 403 g/mol. The van der Waals surface area contributed by atoms with E-state index in [0.29, 0.717) is 5.56 Å². The van der Waals surface area contributed by atoms with Crippen LogP contribution in [0.25, 0.3) is 0 Å². The van der Waals surface area contributed by atoms with Gasteiger partial charge in [0.1, 0.15) is 6.04 Å². The summed E-state index contributed by atoms with van der Waals surface area (Å²) in [7, 11) is -7.87. The van der Waals surface area contributed by atoms with Crippen LogP contribution in [0.3, 0.4) is 0 Å². The Kier molecular flexibility index (Phi) is 5.62. The summed E-state index contributed by atoms with van der Waals surface area (Å²) in [5, 5.41) is 9.42. The largest absolute Gasteiger partial charge is 0.480 e. The van der Waals surface area contributed by atoms with Gasteiger partial charge in [0.25, 0.3) is 0 Å². The van der Waals surface area contributed by atoms with Gasteiger partial charge in [0.05, 0.1) is 12.5 Å². The van der Waals surface area contributed by atoms with Crippen LogP contribution >= 0.6 is 0 Å². The lowest BCUT2D eigenvalue weighted by atomic mass is 10.1. The number of aromatic nitrogens is 1. The van der Waals surface area contributed by atoms with Crippen molar-refractivity contribution in [3.63, 3.8) is 0 Å². The van der Waals surface area contributed by atoms with Crippen molar-refractivity contribution in [3.8, 4) is 11.5 Å². The van der Waals surface area contributed by atoms with E-state index in [1.54, 1.807) is 24.5 Å². The summed E-state index contributed by atoms with van der Waals surface area (Å²) in [6.45, 7) is 0. The molecule has 0 saturated heterocycles. The lowest BCUT2D eigenvalue weighted by Crippen LogP contribution is -2.20. The van der Waals surface area contributed by atoms with Crippen LogP contribution in [0.1, 0.15) is 11.6 Å². The lowest BCUT2D eigenvalue weighted by Gasteiger charge is -2.16. The molecule has 0 radical (unpaired) electrons. The van der Waals surface area contributed by atoms with Gasteiger partial charge >= 0.3 is 26.2 Å². The molecule has 0 fully saturated rings. The third-order valence-corrected chi connectivity index (χ3v) is 4.16. The molecule has 0 spiro atoms. The Morgan fingerprint density at radius 1 is 1.04 bits per heavy atom. The molecule has 26 heavy (non-hydrogen) atoms. The molecule has 0 aliphatic heterocycles. The van der Waals surface area contributed by atoms with E-state index in [1.165, 1.54) is 22.8 Å². The summed E-state index contributed by atoms with van der Waals surface area (Å²) in [4.78, 5) is 11.5. The summed E-state index contributed by atoms with van der Waals surface area (Å²) in [5.41, 5.74) is 0.422. The molecule has 0 amide bonds. The first-order valence-corrected chi connectivity index (χ1v) is 10.8. The van der Waals surface area contributed by atoms with Gasteiger partial charge in [-0.1, -0.05) is 6.07 Å². The zero-order valence-electron chi connectivity index (χ0n) is 13.9. The van der Waals surface area contributed by atoms with Crippen molar-refractivity contribution in [2.45, 2.75) is 12.5 Å². The van der Waals surface area contributed by atoms with Crippen LogP contribution in [0.15, 0.2) is 42.7 Å². The van der Waals surface area contributed by atoms with Crippen molar-refractivity contribution in [2.24, 2.45) is 0 Å².